The van der Waals surface area contributed by atoms with E-state index in [1.165, 1.54) is 11.3 Å². The quantitative estimate of drug-likeness (QED) is 0.331. The highest BCUT2D eigenvalue weighted by atomic mass is 35.5. The molecule has 176 valence electrons. The van der Waals surface area contributed by atoms with Gasteiger partial charge in [-0.25, -0.2) is 9.97 Å². The van der Waals surface area contributed by atoms with Crippen molar-refractivity contribution in [1.29, 1.82) is 0 Å². The second kappa shape index (κ2) is 9.12. The molecule has 0 aliphatic rings. The fourth-order valence-corrected chi connectivity index (χ4v) is 4.59. The van der Waals surface area contributed by atoms with Crippen molar-refractivity contribution in [3.05, 3.63) is 57.2 Å². The van der Waals surface area contributed by atoms with Crippen molar-refractivity contribution in [2.24, 2.45) is 5.73 Å². The van der Waals surface area contributed by atoms with Gasteiger partial charge in [0.25, 0.3) is 5.91 Å². The van der Waals surface area contributed by atoms with Crippen LogP contribution in [0.5, 0.6) is 11.5 Å². The molecule has 2 aromatic heterocycles. The first-order valence-corrected chi connectivity index (χ1v) is 11.7. The van der Waals surface area contributed by atoms with Gasteiger partial charge in [0.05, 0.1) is 25.4 Å². The summed E-state index contributed by atoms with van der Waals surface area (Å²) in [5.74, 6) is 1.59. The fraction of sp³-hybridized carbons (Fsp3) is 0.240. The van der Waals surface area contributed by atoms with Gasteiger partial charge in [-0.05, 0) is 41.8 Å². The second-order valence-corrected chi connectivity index (χ2v) is 10.2. The summed E-state index contributed by atoms with van der Waals surface area (Å²) in [6.07, 6.45) is 0. The van der Waals surface area contributed by atoms with Crippen molar-refractivity contribution in [3.63, 3.8) is 0 Å². The van der Waals surface area contributed by atoms with Gasteiger partial charge in [-0.3, -0.25) is 4.79 Å². The molecular formula is C25H25ClN4O3S. The first-order chi connectivity index (χ1) is 16.1. The van der Waals surface area contributed by atoms with Crippen LogP contribution < -0.4 is 20.5 Å². The summed E-state index contributed by atoms with van der Waals surface area (Å²) in [6.45, 7) is 6.26. The average Bonchev–Trinajstić information content (AvgIpc) is 3.23. The molecule has 34 heavy (non-hydrogen) atoms. The topological polar surface area (TPSA) is 99.4 Å². The fourth-order valence-electron chi connectivity index (χ4n) is 3.44. The number of hydrogen-bond acceptors (Lipinski definition) is 7. The van der Waals surface area contributed by atoms with E-state index in [0.717, 1.165) is 10.4 Å². The third-order valence-corrected chi connectivity index (χ3v) is 7.08. The molecule has 2 aromatic carbocycles. The van der Waals surface area contributed by atoms with Crippen LogP contribution in [-0.4, -0.2) is 30.1 Å². The number of nitrogens with two attached hydrogens (primary N) is 1. The van der Waals surface area contributed by atoms with E-state index in [1.807, 2.05) is 24.3 Å². The number of fused-ring (bicyclic) bond motifs is 1. The van der Waals surface area contributed by atoms with Crippen molar-refractivity contribution >= 4 is 51.3 Å². The van der Waals surface area contributed by atoms with Crippen LogP contribution in [0.25, 0.3) is 22.3 Å². The maximum absolute atomic E-state index is 12.2. The number of thiophene rings is 1. The third kappa shape index (κ3) is 4.64. The average molecular weight is 497 g/mol. The third-order valence-electron chi connectivity index (χ3n) is 5.25. The van der Waals surface area contributed by atoms with Gasteiger partial charge >= 0.3 is 0 Å². The highest BCUT2D eigenvalue weighted by Crippen LogP contribution is 2.39. The van der Waals surface area contributed by atoms with E-state index in [4.69, 9.17) is 36.8 Å². The zero-order valence-electron chi connectivity index (χ0n) is 19.5. The Hall–Kier alpha value is -3.36. The Morgan fingerprint density at radius 1 is 1.03 bits per heavy atom. The molecule has 9 heteroatoms. The largest absolute Gasteiger partial charge is 0.493 e. The molecule has 0 unspecified atom stereocenters. The Morgan fingerprint density at radius 2 is 1.68 bits per heavy atom. The van der Waals surface area contributed by atoms with Crippen LogP contribution in [0.1, 0.15) is 35.3 Å². The van der Waals surface area contributed by atoms with Gasteiger partial charge in [0.2, 0.25) is 0 Å². The Bertz CT molecular complexity index is 1380. The minimum absolute atomic E-state index is 0.145. The van der Waals surface area contributed by atoms with E-state index in [2.05, 4.69) is 26.1 Å². The minimum atomic E-state index is -0.501. The normalized spacial score (nSPS) is 11.5. The van der Waals surface area contributed by atoms with Gasteiger partial charge in [0, 0.05) is 26.9 Å². The summed E-state index contributed by atoms with van der Waals surface area (Å²) in [6, 6.07) is 12.8. The number of aromatic nitrogens is 2. The summed E-state index contributed by atoms with van der Waals surface area (Å²) >= 11 is 7.44. The van der Waals surface area contributed by atoms with E-state index in [9.17, 15) is 4.79 Å². The number of anilines is 2. The first-order valence-electron chi connectivity index (χ1n) is 10.5. The number of methoxy groups -OCH3 is 2. The number of nitrogens with zero attached hydrogens (tertiary/aromatic N) is 2. The molecule has 4 rings (SSSR count). The molecule has 3 N–H and O–H groups in total. The molecule has 1 amide bonds. The molecule has 4 aromatic rings. The smallest absolute Gasteiger partial charge is 0.260 e. The molecule has 0 bridgehead atoms. The molecule has 0 fully saturated rings. The summed E-state index contributed by atoms with van der Waals surface area (Å²) in [4.78, 5) is 23.2. The maximum Gasteiger partial charge on any atom is 0.260 e. The van der Waals surface area contributed by atoms with Gasteiger partial charge in [-0.2, -0.15) is 0 Å². The first kappa shape index (κ1) is 23.8. The van der Waals surface area contributed by atoms with Gasteiger partial charge in [-0.1, -0.05) is 32.4 Å². The standard InChI is InChI=1S/C25H25ClN4O3S/c1-25(2,3)20-12-17(21(34-20)22(27)31)29-24-15-10-18(32-4)19(33-5)11-16(15)28-23(30-24)13-6-8-14(26)9-7-13/h6-12H,1-5H3,(H2,27,31)(H,28,29,30). The number of nitrogens with one attached hydrogen (secondary N) is 1. The number of primary amides is 1. The second-order valence-electron chi connectivity index (χ2n) is 8.72. The van der Waals surface area contributed by atoms with Crippen LogP contribution in [0.4, 0.5) is 11.5 Å². The Labute approximate surface area is 206 Å². The molecule has 0 aliphatic heterocycles. The lowest BCUT2D eigenvalue weighted by atomic mass is 9.94. The zero-order valence-corrected chi connectivity index (χ0v) is 21.1. The van der Waals surface area contributed by atoms with Gasteiger partial charge in [0.15, 0.2) is 17.3 Å². The Morgan fingerprint density at radius 3 is 2.26 bits per heavy atom. The number of ether oxygens (including phenoxy) is 2. The summed E-state index contributed by atoms with van der Waals surface area (Å²) < 4.78 is 11.0. The highest BCUT2D eigenvalue weighted by Gasteiger charge is 2.23. The monoisotopic (exact) mass is 496 g/mol. The van der Waals surface area contributed by atoms with Crippen LogP contribution in [0.3, 0.4) is 0 Å². The van der Waals surface area contributed by atoms with Crippen LogP contribution in [0, 0.1) is 0 Å². The van der Waals surface area contributed by atoms with Crippen LogP contribution in [0.2, 0.25) is 5.02 Å². The molecule has 0 aliphatic carbocycles. The molecular weight excluding hydrogens is 472 g/mol. The maximum atomic E-state index is 12.2. The molecule has 7 nitrogen and oxygen atoms in total. The number of halogens is 1. The van der Waals surface area contributed by atoms with Crippen molar-refractivity contribution in [1.82, 2.24) is 9.97 Å². The molecule has 2 heterocycles. The van der Waals surface area contributed by atoms with Gasteiger partial charge in [-0.15, -0.1) is 11.3 Å². The lowest BCUT2D eigenvalue weighted by molar-refractivity contribution is 0.100. The molecule has 0 radical (unpaired) electrons. The number of carbonyl (C=O) groups is 1. The van der Waals surface area contributed by atoms with Crippen molar-refractivity contribution in [3.8, 4) is 22.9 Å². The molecule has 0 atom stereocenters. The molecule has 0 saturated heterocycles. The van der Waals surface area contributed by atoms with E-state index in [-0.39, 0.29) is 5.41 Å². The van der Waals surface area contributed by atoms with E-state index in [0.29, 0.717) is 49.6 Å². The van der Waals surface area contributed by atoms with Gasteiger partial charge < -0.3 is 20.5 Å². The SMILES string of the molecule is COc1cc2nc(-c3ccc(Cl)cc3)nc(Nc3cc(C(C)(C)C)sc3C(N)=O)c2cc1OC. The minimum Gasteiger partial charge on any atom is -0.493 e. The number of carbonyl (C=O) groups excluding carboxylic acids is 1. The van der Waals surface area contributed by atoms with Crippen LogP contribution in [-0.2, 0) is 5.41 Å². The molecule has 0 saturated carbocycles. The highest BCUT2D eigenvalue weighted by molar-refractivity contribution is 7.14. The Balaban J connectivity index is 1.94. The van der Waals surface area contributed by atoms with Crippen molar-refractivity contribution < 1.29 is 14.3 Å². The predicted octanol–water partition coefficient (Wildman–Crippen LogP) is 6.17. The predicted molar refractivity (Wildman–Crippen MR) is 138 cm³/mol. The van der Waals surface area contributed by atoms with E-state index in [1.54, 1.807) is 32.4 Å². The van der Waals surface area contributed by atoms with Crippen LogP contribution in [0.15, 0.2) is 42.5 Å². The van der Waals surface area contributed by atoms with E-state index >= 15 is 0 Å². The van der Waals surface area contributed by atoms with Crippen LogP contribution >= 0.6 is 22.9 Å². The summed E-state index contributed by atoms with van der Waals surface area (Å²) in [5, 5.41) is 4.66. The zero-order chi connectivity index (χ0) is 24.6. The van der Waals surface area contributed by atoms with Crippen molar-refractivity contribution in [2.75, 3.05) is 19.5 Å². The lowest BCUT2D eigenvalue weighted by Crippen LogP contribution is -2.11. The number of amides is 1. The van der Waals surface area contributed by atoms with Crippen molar-refractivity contribution in [2.45, 2.75) is 26.2 Å². The number of benzene rings is 2. The van der Waals surface area contributed by atoms with E-state index < -0.39 is 5.91 Å². The number of rotatable bonds is 6. The molecule has 0 spiro atoms. The number of hydrogen-bond donors (Lipinski definition) is 2. The van der Waals surface area contributed by atoms with Gasteiger partial charge in [0.1, 0.15) is 10.7 Å². The summed E-state index contributed by atoms with van der Waals surface area (Å²) in [7, 11) is 3.14. The lowest BCUT2D eigenvalue weighted by Gasteiger charge is -2.15. The Kier molecular flexibility index (Phi) is 6.38. The summed E-state index contributed by atoms with van der Waals surface area (Å²) in [5.41, 5.74) is 7.59.